The SMILES string of the molecule is COc1ccc(C(=O)N(C)CC(=O)Nc2cc(C)on2)cn1. The molecule has 0 saturated carbocycles. The molecule has 8 nitrogen and oxygen atoms in total. The van der Waals surface area contributed by atoms with Crippen LogP contribution in [0.3, 0.4) is 0 Å². The standard InChI is InChI=1S/C14H16N4O4/c1-9-6-11(17-22-9)16-12(19)8-18(2)14(20)10-4-5-13(21-3)15-7-10/h4-7H,8H2,1-3H3,(H,16,17,19). The van der Waals surface area contributed by atoms with Crippen LogP contribution in [0.15, 0.2) is 28.9 Å². The molecule has 0 saturated heterocycles. The number of anilines is 1. The first-order chi connectivity index (χ1) is 10.5. The second-order valence-electron chi connectivity index (χ2n) is 4.62. The normalized spacial score (nSPS) is 10.1. The van der Waals surface area contributed by atoms with Gasteiger partial charge in [-0.25, -0.2) is 4.98 Å². The summed E-state index contributed by atoms with van der Waals surface area (Å²) >= 11 is 0. The van der Waals surface area contributed by atoms with E-state index < -0.39 is 0 Å². The molecule has 0 unspecified atom stereocenters. The highest BCUT2D eigenvalue weighted by atomic mass is 16.5. The average Bonchev–Trinajstić information content (AvgIpc) is 2.91. The monoisotopic (exact) mass is 304 g/mol. The van der Waals surface area contributed by atoms with Crippen molar-refractivity contribution < 1.29 is 18.8 Å². The van der Waals surface area contributed by atoms with E-state index in [0.29, 0.717) is 23.0 Å². The van der Waals surface area contributed by atoms with E-state index in [-0.39, 0.29) is 18.4 Å². The second kappa shape index (κ2) is 6.70. The van der Waals surface area contributed by atoms with E-state index in [0.717, 1.165) is 0 Å². The van der Waals surface area contributed by atoms with Crippen molar-refractivity contribution in [2.45, 2.75) is 6.92 Å². The van der Waals surface area contributed by atoms with Crippen LogP contribution in [0, 0.1) is 6.92 Å². The fraction of sp³-hybridized carbons (Fsp3) is 0.286. The molecule has 0 atom stereocenters. The molecule has 0 spiro atoms. The van der Waals surface area contributed by atoms with Crippen molar-refractivity contribution in [3.8, 4) is 5.88 Å². The molecule has 2 amide bonds. The topological polar surface area (TPSA) is 97.6 Å². The maximum Gasteiger partial charge on any atom is 0.255 e. The first kappa shape index (κ1) is 15.5. The molecule has 0 bridgehead atoms. The number of carbonyl (C=O) groups excluding carboxylic acids is 2. The van der Waals surface area contributed by atoms with Gasteiger partial charge in [0.2, 0.25) is 11.8 Å². The highest BCUT2D eigenvalue weighted by Crippen LogP contribution is 2.09. The Labute approximate surface area is 127 Å². The quantitative estimate of drug-likeness (QED) is 0.888. The summed E-state index contributed by atoms with van der Waals surface area (Å²) in [6, 6.07) is 4.76. The summed E-state index contributed by atoms with van der Waals surface area (Å²) in [6.07, 6.45) is 1.40. The number of likely N-dealkylation sites (N-methyl/N-ethyl adjacent to an activating group) is 1. The molecule has 0 radical (unpaired) electrons. The Balaban J connectivity index is 1.93. The Morgan fingerprint density at radius 2 is 2.18 bits per heavy atom. The summed E-state index contributed by atoms with van der Waals surface area (Å²) in [4.78, 5) is 29.3. The number of hydrogen-bond acceptors (Lipinski definition) is 6. The third kappa shape index (κ3) is 3.81. The molecule has 0 aliphatic rings. The minimum atomic E-state index is -0.370. The Morgan fingerprint density at radius 3 is 2.73 bits per heavy atom. The van der Waals surface area contributed by atoms with E-state index in [2.05, 4.69) is 15.5 Å². The molecular formula is C14H16N4O4. The molecular weight excluding hydrogens is 288 g/mol. The van der Waals surface area contributed by atoms with Gasteiger partial charge in [-0.05, 0) is 13.0 Å². The zero-order valence-electron chi connectivity index (χ0n) is 12.5. The van der Waals surface area contributed by atoms with Gasteiger partial charge < -0.3 is 19.5 Å². The Morgan fingerprint density at radius 1 is 1.41 bits per heavy atom. The predicted octanol–water partition coefficient (Wildman–Crippen LogP) is 1.10. The molecule has 116 valence electrons. The van der Waals surface area contributed by atoms with Crippen molar-refractivity contribution in [1.29, 1.82) is 0 Å². The molecule has 1 N–H and O–H groups in total. The Bertz CT molecular complexity index is 666. The minimum absolute atomic E-state index is 0.114. The number of ether oxygens (including phenoxy) is 1. The molecule has 0 aromatic carbocycles. The van der Waals surface area contributed by atoms with Crippen molar-refractivity contribution in [2.24, 2.45) is 0 Å². The van der Waals surface area contributed by atoms with E-state index >= 15 is 0 Å². The lowest BCUT2D eigenvalue weighted by Gasteiger charge is -2.16. The summed E-state index contributed by atoms with van der Waals surface area (Å²) in [5.41, 5.74) is 0.369. The third-order valence-corrected chi connectivity index (χ3v) is 2.82. The molecule has 22 heavy (non-hydrogen) atoms. The van der Waals surface area contributed by atoms with Crippen LogP contribution in [0.25, 0.3) is 0 Å². The van der Waals surface area contributed by atoms with Gasteiger partial charge in [0.1, 0.15) is 5.76 Å². The maximum absolute atomic E-state index is 12.2. The van der Waals surface area contributed by atoms with Crippen molar-refractivity contribution in [2.75, 3.05) is 26.0 Å². The van der Waals surface area contributed by atoms with Gasteiger partial charge >= 0.3 is 0 Å². The molecule has 2 aromatic heterocycles. The van der Waals surface area contributed by atoms with Gasteiger partial charge in [-0.2, -0.15) is 0 Å². The summed E-state index contributed by atoms with van der Waals surface area (Å²) in [5, 5.41) is 6.20. The van der Waals surface area contributed by atoms with Crippen molar-refractivity contribution in [3.05, 3.63) is 35.7 Å². The van der Waals surface area contributed by atoms with Gasteiger partial charge in [0.15, 0.2) is 5.82 Å². The largest absolute Gasteiger partial charge is 0.481 e. The fourth-order valence-corrected chi connectivity index (χ4v) is 1.74. The smallest absolute Gasteiger partial charge is 0.255 e. The summed E-state index contributed by atoms with van der Waals surface area (Å²) in [7, 11) is 3.02. The van der Waals surface area contributed by atoms with Crippen LogP contribution in [0.2, 0.25) is 0 Å². The second-order valence-corrected chi connectivity index (χ2v) is 4.62. The van der Waals surface area contributed by atoms with Crippen LogP contribution < -0.4 is 10.1 Å². The van der Waals surface area contributed by atoms with Crippen LogP contribution >= 0.6 is 0 Å². The number of aromatic nitrogens is 2. The van der Waals surface area contributed by atoms with E-state index in [9.17, 15) is 9.59 Å². The molecule has 0 aliphatic heterocycles. The number of amides is 2. The van der Waals surface area contributed by atoms with Gasteiger partial charge in [-0.15, -0.1) is 0 Å². The van der Waals surface area contributed by atoms with Gasteiger partial charge in [0, 0.05) is 25.4 Å². The number of methoxy groups -OCH3 is 1. The van der Waals surface area contributed by atoms with Gasteiger partial charge in [-0.3, -0.25) is 9.59 Å². The third-order valence-electron chi connectivity index (χ3n) is 2.82. The number of rotatable bonds is 5. The summed E-state index contributed by atoms with van der Waals surface area (Å²) < 4.78 is 9.77. The van der Waals surface area contributed by atoms with Crippen molar-refractivity contribution in [1.82, 2.24) is 15.0 Å². The van der Waals surface area contributed by atoms with Crippen LogP contribution in [0.4, 0.5) is 5.82 Å². The lowest BCUT2D eigenvalue weighted by Crippen LogP contribution is -2.35. The zero-order chi connectivity index (χ0) is 16.1. The molecule has 0 fully saturated rings. The van der Waals surface area contributed by atoms with Crippen LogP contribution in [0.5, 0.6) is 5.88 Å². The molecule has 2 heterocycles. The highest BCUT2D eigenvalue weighted by Gasteiger charge is 2.16. The molecule has 8 heteroatoms. The van der Waals surface area contributed by atoms with Gasteiger partial charge in [0.05, 0.1) is 19.2 Å². The van der Waals surface area contributed by atoms with Crippen LogP contribution in [-0.2, 0) is 4.79 Å². The number of nitrogens with one attached hydrogen (secondary N) is 1. The molecule has 2 aromatic rings. The Hall–Kier alpha value is -2.90. The number of nitrogens with zero attached hydrogens (tertiary/aromatic N) is 3. The van der Waals surface area contributed by atoms with E-state index in [1.54, 1.807) is 25.1 Å². The van der Waals surface area contributed by atoms with E-state index in [4.69, 9.17) is 9.26 Å². The van der Waals surface area contributed by atoms with Crippen molar-refractivity contribution in [3.63, 3.8) is 0 Å². The van der Waals surface area contributed by atoms with Crippen LogP contribution in [-0.4, -0.2) is 47.6 Å². The Kier molecular flexibility index (Phi) is 4.72. The maximum atomic E-state index is 12.2. The summed E-state index contributed by atoms with van der Waals surface area (Å²) in [5.74, 6) is 0.629. The predicted molar refractivity (Wildman–Crippen MR) is 77.6 cm³/mol. The summed E-state index contributed by atoms with van der Waals surface area (Å²) in [6.45, 7) is 1.60. The lowest BCUT2D eigenvalue weighted by molar-refractivity contribution is -0.116. The fourth-order valence-electron chi connectivity index (χ4n) is 1.74. The number of carbonyl (C=O) groups is 2. The lowest BCUT2D eigenvalue weighted by atomic mass is 10.2. The van der Waals surface area contributed by atoms with E-state index in [1.807, 2.05) is 0 Å². The molecule has 0 aliphatic carbocycles. The average molecular weight is 304 g/mol. The van der Waals surface area contributed by atoms with E-state index in [1.165, 1.54) is 25.3 Å². The number of hydrogen-bond donors (Lipinski definition) is 1. The van der Waals surface area contributed by atoms with Gasteiger partial charge in [-0.1, -0.05) is 5.16 Å². The zero-order valence-corrected chi connectivity index (χ0v) is 12.5. The van der Waals surface area contributed by atoms with Gasteiger partial charge in [0.25, 0.3) is 5.91 Å². The van der Waals surface area contributed by atoms with Crippen molar-refractivity contribution >= 4 is 17.6 Å². The minimum Gasteiger partial charge on any atom is -0.481 e. The number of pyridine rings is 1. The first-order valence-electron chi connectivity index (χ1n) is 6.48. The molecule has 2 rings (SSSR count). The highest BCUT2D eigenvalue weighted by molar-refractivity contribution is 5.98. The number of aryl methyl sites for hydroxylation is 1. The first-order valence-corrected chi connectivity index (χ1v) is 6.48. The van der Waals surface area contributed by atoms with Crippen LogP contribution in [0.1, 0.15) is 16.1 Å².